The Morgan fingerprint density at radius 2 is 1.94 bits per heavy atom. The van der Waals surface area contributed by atoms with E-state index in [0.29, 0.717) is 12.7 Å². The van der Waals surface area contributed by atoms with Gasteiger partial charge in [-0.15, -0.1) is 0 Å². The van der Waals surface area contributed by atoms with Crippen molar-refractivity contribution >= 4 is 30.1 Å². The van der Waals surface area contributed by atoms with E-state index in [9.17, 15) is 9.18 Å². The van der Waals surface area contributed by atoms with Crippen molar-refractivity contribution in [2.45, 2.75) is 58.2 Å². The summed E-state index contributed by atoms with van der Waals surface area (Å²) in [5.41, 5.74) is 4.18. The first kappa shape index (κ1) is 24.2. The Bertz CT molecular complexity index is 1170. The first-order valence-electron chi connectivity index (χ1n) is 11.9. The second kappa shape index (κ2) is 10.6. The van der Waals surface area contributed by atoms with Gasteiger partial charge in [0, 0.05) is 34.6 Å². The zero-order chi connectivity index (χ0) is 24.2. The van der Waals surface area contributed by atoms with Gasteiger partial charge in [-0.25, -0.2) is 4.39 Å². The Hall–Kier alpha value is -2.90. The predicted molar refractivity (Wildman–Crippen MR) is 134 cm³/mol. The molecule has 0 saturated carbocycles. The molecule has 2 heterocycles. The number of hydrogen-bond acceptors (Lipinski definition) is 4. The van der Waals surface area contributed by atoms with Crippen LogP contribution >= 0.6 is 0 Å². The van der Waals surface area contributed by atoms with Gasteiger partial charge in [0.05, 0.1) is 25.7 Å². The Morgan fingerprint density at radius 3 is 2.62 bits per heavy atom. The van der Waals surface area contributed by atoms with E-state index in [-0.39, 0.29) is 43.6 Å². The largest absolute Gasteiger partial charge is 0.469 e. The quantitative estimate of drug-likeness (QED) is 0.305. The summed E-state index contributed by atoms with van der Waals surface area (Å²) in [6, 6.07) is 15.1. The topological polar surface area (TPSA) is 49.7 Å². The maximum absolute atomic E-state index is 13.7. The molecule has 1 aliphatic heterocycles. The van der Waals surface area contributed by atoms with Gasteiger partial charge in [0.1, 0.15) is 5.82 Å². The number of carbonyl (C=O) groups excluding carboxylic acids is 1. The van der Waals surface area contributed by atoms with Crippen molar-refractivity contribution in [1.82, 2.24) is 4.57 Å². The zero-order valence-electron chi connectivity index (χ0n) is 20.2. The molecule has 5 nitrogen and oxygen atoms in total. The molecule has 1 aliphatic rings. The number of halogens is 1. The molecule has 2 unspecified atom stereocenters. The molecule has 3 aromatic rings. The van der Waals surface area contributed by atoms with Gasteiger partial charge < -0.3 is 18.6 Å². The Kier molecular flexibility index (Phi) is 7.54. The Morgan fingerprint density at radius 1 is 1.21 bits per heavy atom. The van der Waals surface area contributed by atoms with Crippen molar-refractivity contribution < 1.29 is 23.2 Å². The van der Waals surface area contributed by atoms with Crippen molar-refractivity contribution in [2.24, 2.45) is 0 Å². The standard InChI is InChI=1S/C27H31BFNO4/c1-5-28-33-21(16-22(34-28)17-26(31)32-4)14-15-25-27(19-10-12-20(29)13-11-19)23-8-6-7-9-24(23)30(25)18(2)3/h6-15,18,21-22H,5,16-17H2,1-4H3/b15-14+. The second-order valence-corrected chi connectivity index (χ2v) is 8.89. The minimum absolute atomic E-state index is 0.201. The number of carbonyl (C=O) groups is 1. The lowest BCUT2D eigenvalue weighted by Gasteiger charge is -2.32. The summed E-state index contributed by atoms with van der Waals surface area (Å²) in [7, 11) is 1.02. The SMILES string of the molecule is CCB1OC(/C=C/c2c(-c3ccc(F)cc3)c3ccccc3n2C(C)C)CC(CC(=O)OC)O1. The summed E-state index contributed by atoms with van der Waals surface area (Å²) in [6.07, 6.45) is 5.15. The first-order valence-corrected chi connectivity index (χ1v) is 11.9. The molecule has 0 radical (unpaired) electrons. The van der Waals surface area contributed by atoms with E-state index in [4.69, 9.17) is 14.0 Å². The zero-order valence-corrected chi connectivity index (χ0v) is 20.2. The Balaban J connectivity index is 1.76. The number of nitrogens with zero attached hydrogens (tertiary/aromatic N) is 1. The van der Waals surface area contributed by atoms with E-state index in [1.165, 1.54) is 19.2 Å². The molecule has 1 saturated heterocycles. The number of aromatic nitrogens is 1. The van der Waals surface area contributed by atoms with Gasteiger partial charge in [0.15, 0.2) is 0 Å². The fourth-order valence-electron chi connectivity index (χ4n) is 4.65. The summed E-state index contributed by atoms with van der Waals surface area (Å²) in [5.74, 6) is -0.547. The average Bonchev–Trinajstić information content (AvgIpc) is 3.17. The molecule has 0 N–H and O–H groups in total. The van der Waals surface area contributed by atoms with Crippen LogP contribution in [0.15, 0.2) is 54.6 Å². The maximum atomic E-state index is 13.7. The highest BCUT2D eigenvalue weighted by molar-refractivity contribution is 6.44. The van der Waals surface area contributed by atoms with E-state index in [1.807, 2.05) is 31.2 Å². The molecule has 2 atom stereocenters. The molecule has 0 aliphatic carbocycles. The molecule has 0 bridgehead atoms. The molecule has 178 valence electrons. The monoisotopic (exact) mass is 463 g/mol. The highest BCUT2D eigenvalue weighted by Gasteiger charge is 2.33. The normalized spacial score (nSPS) is 18.8. The van der Waals surface area contributed by atoms with Crippen LogP contribution in [0, 0.1) is 5.82 Å². The molecule has 7 heteroatoms. The third kappa shape index (κ3) is 5.11. The van der Waals surface area contributed by atoms with E-state index in [1.54, 1.807) is 0 Å². The van der Waals surface area contributed by atoms with Crippen LogP contribution in [-0.2, 0) is 18.8 Å². The summed E-state index contributed by atoms with van der Waals surface area (Å²) < 4.78 is 32.8. The van der Waals surface area contributed by atoms with Crippen LogP contribution in [0.3, 0.4) is 0 Å². The van der Waals surface area contributed by atoms with E-state index in [2.05, 4.69) is 42.7 Å². The van der Waals surface area contributed by atoms with Crippen LogP contribution in [0.5, 0.6) is 0 Å². The van der Waals surface area contributed by atoms with Gasteiger partial charge in [0.25, 0.3) is 0 Å². The van der Waals surface area contributed by atoms with E-state index < -0.39 is 0 Å². The number of benzene rings is 2. The number of methoxy groups -OCH3 is 1. The summed E-state index contributed by atoms with van der Waals surface area (Å²) in [5, 5.41) is 1.12. The summed E-state index contributed by atoms with van der Waals surface area (Å²) in [6.45, 7) is 6.31. The number of para-hydroxylation sites is 1. The smallest absolute Gasteiger partial charge is 0.457 e. The average molecular weight is 463 g/mol. The lowest BCUT2D eigenvalue weighted by molar-refractivity contribution is -0.143. The van der Waals surface area contributed by atoms with Crippen LogP contribution < -0.4 is 0 Å². The van der Waals surface area contributed by atoms with Gasteiger partial charge >= 0.3 is 13.1 Å². The molecule has 34 heavy (non-hydrogen) atoms. The fraction of sp³-hybridized carbons (Fsp3) is 0.370. The summed E-state index contributed by atoms with van der Waals surface area (Å²) >= 11 is 0. The molecular formula is C27H31BFNO4. The van der Waals surface area contributed by atoms with Crippen molar-refractivity contribution in [3.8, 4) is 11.1 Å². The molecule has 4 rings (SSSR count). The van der Waals surface area contributed by atoms with Gasteiger partial charge in [-0.05, 0) is 50.0 Å². The third-order valence-electron chi connectivity index (χ3n) is 6.19. The summed E-state index contributed by atoms with van der Waals surface area (Å²) in [4.78, 5) is 11.8. The minimum Gasteiger partial charge on any atom is -0.469 e. The van der Waals surface area contributed by atoms with Crippen molar-refractivity contribution in [3.63, 3.8) is 0 Å². The van der Waals surface area contributed by atoms with Crippen LogP contribution in [-0.4, -0.2) is 37.0 Å². The Labute approximate surface area is 200 Å². The van der Waals surface area contributed by atoms with Gasteiger partial charge in [0.2, 0.25) is 0 Å². The maximum Gasteiger partial charge on any atom is 0.457 e. The predicted octanol–water partition coefficient (Wildman–Crippen LogP) is 6.29. The van der Waals surface area contributed by atoms with Crippen LogP contribution in [0.4, 0.5) is 4.39 Å². The molecular weight excluding hydrogens is 432 g/mol. The van der Waals surface area contributed by atoms with Gasteiger partial charge in [-0.2, -0.15) is 0 Å². The molecule has 0 spiro atoms. The highest BCUT2D eigenvalue weighted by Crippen LogP contribution is 2.38. The molecule has 1 aromatic heterocycles. The van der Waals surface area contributed by atoms with Crippen LogP contribution in [0.2, 0.25) is 6.32 Å². The first-order chi connectivity index (χ1) is 16.4. The fourth-order valence-corrected chi connectivity index (χ4v) is 4.65. The molecule has 1 fully saturated rings. The van der Waals surface area contributed by atoms with Crippen LogP contribution in [0.1, 0.15) is 45.3 Å². The van der Waals surface area contributed by atoms with E-state index >= 15 is 0 Å². The lowest BCUT2D eigenvalue weighted by atomic mass is 9.82. The minimum atomic E-state index is -0.370. The number of ether oxygens (including phenoxy) is 1. The van der Waals surface area contributed by atoms with Crippen molar-refractivity contribution in [2.75, 3.05) is 7.11 Å². The molecule has 2 aromatic carbocycles. The number of esters is 1. The number of rotatable bonds is 7. The van der Waals surface area contributed by atoms with E-state index in [0.717, 1.165) is 27.7 Å². The number of fused-ring (bicyclic) bond motifs is 1. The second-order valence-electron chi connectivity index (χ2n) is 8.89. The van der Waals surface area contributed by atoms with Crippen molar-refractivity contribution in [1.29, 1.82) is 0 Å². The van der Waals surface area contributed by atoms with Gasteiger partial charge in [-0.3, -0.25) is 4.79 Å². The number of hydrogen-bond donors (Lipinski definition) is 0. The highest BCUT2D eigenvalue weighted by atomic mass is 19.1. The van der Waals surface area contributed by atoms with Gasteiger partial charge in [-0.1, -0.05) is 43.3 Å². The molecule has 0 amide bonds. The lowest BCUT2D eigenvalue weighted by Crippen LogP contribution is -2.41. The third-order valence-corrected chi connectivity index (χ3v) is 6.19. The van der Waals surface area contributed by atoms with Crippen LogP contribution in [0.25, 0.3) is 28.1 Å². The van der Waals surface area contributed by atoms with Crippen molar-refractivity contribution in [3.05, 3.63) is 66.1 Å².